The van der Waals surface area contributed by atoms with Crippen molar-refractivity contribution in [3.8, 4) is 11.5 Å². The average Bonchev–Trinajstić information content (AvgIpc) is 3.41. The normalized spacial score (nSPS) is 17.6. The minimum Gasteiger partial charge on any atom is -0.507 e. The van der Waals surface area contributed by atoms with Gasteiger partial charge in [0.15, 0.2) is 0 Å². The lowest BCUT2D eigenvalue weighted by Crippen LogP contribution is -2.28. The number of carbonyl (C=O) groups is 2. The number of carbonyl (C=O) groups excluding carboxylic acids is 2. The molecule has 2 heterocycles. The molecule has 1 aliphatic rings. The van der Waals surface area contributed by atoms with E-state index in [1.165, 1.54) is 36.5 Å². The summed E-state index contributed by atoms with van der Waals surface area (Å²) in [5.41, 5.74) is 0.823. The van der Waals surface area contributed by atoms with Crippen molar-refractivity contribution >= 4 is 40.4 Å². The molecule has 164 valence electrons. The first-order valence-corrected chi connectivity index (χ1v) is 11.0. The Morgan fingerprint density at radius 3 is 2.50 bits per heavy atom. The Balaban J connectivity index is 1.91. The van der Waals surface area contributed by atoms with Crippen LogP contribution in [-0.2, 0) is 16.1 Å². The number of Topliss-reactive ketones (excluding diaryl/α,β-unsaturated/α-hetero) is 1. The molecule has 0 aliphatic carbocycles. The average molecular weight is 470 g/mol. The Morgan fingerprint density at radius 2 is 1.81 bits per heavy atom. The van der Waals surface area contributed by atoms with Crippen molar-refractivity contribution < 1.29 is 24.2 Å². The zero-order valence-corrected chi connectivity index (χ0v) is 18.9. The number of aliphatic hydroxyl groups is 1. The van der Waals surface area contributed by atoms with Crippen LogP contribution in [0.4, 0.5) is 0 Å². The number of thiophene rings is 1. The maximum atomic E-state index is 13.2. The van der Waals surface area contributed by atoms with Gasteiger partial charge in [-0.1, -0.05) is 29.8 Å². The van der Waals surface area contributed by atoms with Gasteiger partial charge in [-0.25, -0.2) is 0 Å². The van der Waals surface area contributed by atoms with Gasteiger partial charge in [-0.2, -0.15) is 0 Å². The van der Waals surface area contributed by atoms with Crippen LogP contribution in [0.25, 0.3) is 5.76 Å². The molecule has 0 spiro atoms. The van der Waals surface area contributed by atoms with Gasteiger partial charge in [-0.05, 0) is 47.3 Å². The number of benzene rings is 2. The molecular formula is C24H20ClNO5S. The molecule has 1 fully saturated rings. The third-order valence-electron chi connectivity index (χ3n) is 5.28. The van der Waals surface area contributed by atoms with E-state index in [9.17, 15) is 14.7 Å². The number of nitrogens with zero attached hydrogens (tertiary/aromatic N) is 1. The first-order chi connectivity index (χ1) is 15.4. The highest BCUT2D eigenvalue weighted by Gasteiger charge is 2.46. The summed E-state index contributed by atoms with van der Waals surface area (Å²) in [6, 6.07) is 14.8. The van der Waals surface area contributed by atoms with Gasteiger partial charge in [-0.3, -0.25) is 9.59 Å². The summed E-state index contributed by atoms with van der Waals surface area (Å²) in [6.07, 6.45) is 0. The molecule has 0 bridgehead atoms. The number of rotatable bonds is 6. The van der Waals surface area contributed by atoms with Crippen molar-refractivity contribution in [1.82, 2.24) is 4.90 Å². The predicted molar refractivity (Wildman–Crippen MR) is 123 cm³/mol. The van der Waals surface area contributed by atoms with Crippen LogP contribution >= 0.6 is 22.9 Å². The van der Waals surface area contributed by atoms with Crippen molar-refractivity contribution in [2.75, 3.05) is 14.2 Å². The van der Waals surface area contributed by atoms with Gasteiger partial charge in [0.25, 0.3) is 11.7 Å². The van der Waals surface area contributed by atoms with Crippen LogP contribution in [0.15, 0.2) is 65.6 Å². The summed E-state index contributed by atoms with van der Waals surface area (Å²) in [5.74, 6) is -0.781. The van der Waals surface area contributed by atoms with Crippen LogP contribution in [-0.4, -0.2) is 35.9 Å². The highest BCUT2D eigenvalue weighted by atomic mass is 35.5. The number of halogens is 1. The smallest absolute Gasteiger partial charge is 0.295 e. The summed E-state index contributed by atoms with van der Waals surface area (Å²) in [5, 5.41) is 13.4. The van der Waals surface area contributed by atoms with Crippen LogP contribution in [0, 0.1) is 0 Å². The van der Waals surface area contributed by atoms with E-state index >= 15 is 0 Å². The Bertz CT molecular complexity index is 1200. The lowest BCUT2D eigenvalue weighted by Gasteiger charge is -2.25. The van der Waals surface area contributed by atoms with E-state index in [-0.39, 0.29) is 28.5 Å². The summed E-state index contributed by atoms with van der Waals surface area (Å²) < 4.78 is 10.6. The second-order valence-corrected chi connectivity index (χ2v) is 8.57. The third kappa shape index (κ3) is 3.97. The van der Waals surface area contributed by atoms with E-state index in [2.05, 4.69) is 0 Å². The first kappa shape index (κ1) is 21.9. The van der Waals surface area contributed by atoms with Gasteiger partial charge >= 0.3 is 0 Å². The Hall–Kier alpha value is -3.29. The van der Waals surface area contributed by atoms with E-state index in [1.807, 2.05) is 17.5 Å². The van der Waals surface area contributed by atoms with Crippen LogP contribution in [0.2, 0.25) is 5.02 Å². The quantitative estimate of drug-likeness (QED) is 0.311. The van der Waals surface area contributed by atoms with Gasteiger partial charge in [-0.15, -0.1) is 11.3 Å². The fourth-order valence-electron chi connectivity index (χ4n) is 3.73. The maximum Gasteiger partial charge on any atom is 0.295 e. The number of ketones is 1. The second-order valence-electron chi connectivity index (χ2n) is 7.13. The summed E-state index contributed by atoms with van der Waals surface area (Å²) in [7, 11) is 3.03. The minimum absolute atomic E-state index is 0.0324. The van der Waals surface area contributed by atoms with E-state index in [4.69, 9.17) is 21.1 Å². The molecule has 1 amide bonds. The zero-order chi connectivity index (χ0) is 22.8. The fraction of sp³-hybridized carbons (Fsp3) is 0.167. The van der Waals surface area contributed by atoms with Gasteiger partial charge in [0.2, 0.25) is 0 Å². The molecule has 2 aromatic carbocycles. The number of amides is 1. The van der Waals surface area contributed by atoms with Crippen molar-refractivity contribution in [1.29, 1.82) is 0 Å². The molecular weight excluding hydrogens is 450 g/mol. The molecule has 0 radical (unpaired) electrons. The van der Waals surface area contributed by atoms with Crippen LogP contribution < -0.4 is 9.47 Å². The van der Waals surface area contributed by atoms with Gasteiger partial charge in [0.1, 0.15) is 17.3 Å². The van der Waals surface area contributed by atoms with E-state index < -0.39 is 17.7 Å². The molecule has 6 nitrogen and oxygen atoms in total. The monoisotopic (exact) mass is 469 g/mol. The molecule has 3 aromatic rings. The molecule has 8 heteroatoms. The SMILES string of the molecule is COc1cccc(C2/C(=C(\O)c3cc(OC)ccc3Cl)C(=O)C(=O)N2Cc2cccs2)c1. The van der Waals surface area contributed by atoms with Crippen molar-refractivity contribution in [2.24, 2.45) is 0 Å². The maximum absolute atomic E-state index is 13.2. The molecule has 4 rings (SSSR count). The topological polar surface area (TPSA) is 76.1 Å². The molecule has 1 atom stereocenters. The lowest BCUT2D eigenvalue weighted by atomic mass is 9.95. The Labute approximate surface area is 194 Å². The molecule has 1 aliphatic heterocycles. The summed E-state index contributed by atoms with van der Waals surface area (Å²) >= 11 is 7.81. The molecule has 1 aromatic heterocycles. The zero-order valence-electron chi connectivity index (χ0n) is 17.4. The van der Waals surface area contributed by atoms with E-state index in [0.29, 0.717) is 17.1 Å². The third-order valence-corrected chi connectivity index (χ3v) is 6.48. The van der Waals surface area contributed by atoms with E-state index in [0.717, 1.165) is 4.88 Å². The van der Waals surface area contributed by atoms with Gasteiger partial charge < -0.3 is 19.5 Å². The lowest BCUT2D eigenvalue weighted by molar-refractivity contribution is -0.140. The van der Waals surface area contributed by atoms with Crippen LogP contribution in [0.5, 0.6) is 11.5 Å². The van der Waals surface area contributed by atoms with Crippen molar-refractivity contribution in [3.05, 3.63) is 86.6 Å². The Morgan fingerprint density at radius 1 is 1.06 bits per heavy atom. The van der Waals surface area contributed by atoms with Crippen molar-refractivity contribution in [2.45, 2.75) is 12.6 Å². The number of likely N-dealkylation sites (tertiary alicyclic amines) is 1. The number of hydrogen-bond donors (Lipinski definition) is 1. The highest BCUT2D eigenvalue weighted by molar-refractivity contribution is 7.09. The Kier molecular flexibility index (Phi) is 6.21. The summed E-state index contributed by atoms with van der Waals surface area (Å²) in [6.45, 7) is 0.229. The number of aliphatic hydroxyl groups excluding tert-OH is 1. The number of hydrogen-bond acceptors (Lipinski definition) is 6. The standard InChI is InChI=1S/C24H20ClNO5S/c1-30-15-6-3-5-14(11-15)21-20(22(27)18-12-16(31-2)8-9-19(18)25)23(28)24(29)26(21)13-17-7-4-10-32-17/h3-12,21,27H,13H2,1-2H3/b22-20+. The van der Waals surface area contributed by atoms with E-state index in [1.54, 1.807) is 36.4 Å². The first-order valence-electron chi connectivity index (χ1n) is 9.73. The molecule has 1 saturated heterocycles. The minimum atomic E-state index is -0.811. The predicted octanol–water partition coefficient (Wildman–Crippen LogP) is 5.04. The van der Waals surface area contributed by atoms with Crippen molar-refractivity contribution in [3.63, 3.8) is 0 Å². The molecule has 1 N–H and O–H groups in total. The summed E-state index contributed by atoms with van der Waals surface area (Å²) in [4.78, 5) is 28.6. The molecule has 0 saturated carbocycles. The molecule has 32 heavy (non-hydrogen) atoms. The highest BCUT2D eigenvalue weighted by Crippen LogP contribution is 2.42. The van der Waals surface area contributed by atoms with Gasteiger partial charge in [0, 0.05) is 10.4 Å². The van der Waals surface area contributed by atoms with Gasteiger partial charge in [0.05, 0.1) is 37.4 Å². The van der Waals surface area contributed by atoms with Crippen LogP contribution in [0.3, 0.4) is 0 Å². The largest absolute Gasteiger partial charge is 0.507 e. The fourth-order valence-corrected chi connectivity index (χ4v) is 4.64. The number of methoxy groups -OCH3 is 2. The van der Waals surface area contributed by atoms with Crippen LogP contribution in [0.1, 0.15) is 22.0 Å². The number of ether oxygens (including phenoxy) is 2. The second kappa shape index (κ2) is 9.06. The molecule has 1 unspecified atom stereocenters.